The molecule has 0 radical (unpaired) electrons. The molecule has 4 nitrogen and oxygen atoms in total. The van der Waals surface area contributed by atoms with Crippen LogP contribution in [0.1, 0.15) is 32.8 Å². The van der Waals surface area contributed by atoms with Crippen molar-refractivity contribution in [3.8, 4) is 0 Å². The maximum Gasteiger partial charge on any atom is 0.0869 e. The maximum absolute atomic E-state index is 10.2. The van der Waals surface area contributed by atoms with Crippen molar-refractivity contribution in [1.29, 1.82) is 0 Å². The number of aliphatic hydroxyl groups is 1. The number of thioether (sulfide) groups is 1. The fourth-order valence-electron chi connectivity index (χ4n) is 1.99. The van der Waals surface area contributed by atoms with Crippen molar-refractivity contribution in [3.05, 3.63) is 18.0 Å². The molecular formula is C13H23N3OS. The van der Waals surface area contributed by atoms with Gasteiger partial charge in [0.2, 0.25) is 0 Å². The molecule has 2 rings (SSSR count). The van der Waals surface area contributed by atoms with Gasteiger partial charge in [-0.2, -0.15) is 16.9 Å². The first kappa shape index (κ1) is 13.9. The van der Waals surface area contributed by atoms with Gasteiger partial charge in [0.05, 0.1) is 17.3 Å². The highest BCUT2D eigenvalue weighted by Gasteiger charge is 2.31. The maximum atomic E-state index is 10.2. The topological polar surface area (TPSA) is 50.1 Å². The summed E-state index contributed by atoms with van der Waals surface area (Å²) < 4.78 is 1.98. The zero-order valence-electron chi connectivity index (χ0n) is 11.4. The van der Waals surface area contributed by atoms with Crippen LogP contribution in [-0.2, 0) is 12.1 Å². The summed E-state index contributed by atoms with van der Waals surface area (Å²) in [5.41, 5.74) is 0.683. The van der Waals surface area contributed by atoms with Crippen LogP contribution < -0.4 is 5.32 Å². The zero-order valence-corrected chi connectivity index (χ0v) is 12.3. The van der Waals surface area contributed by atoms with Crippen LogP contribution >= 0.6 is 11.8 Å². The van der Waals surface area contributed by atoms with E-state index < -0.39 is 5.60 Å². The molecule has 1 atom stereocenters. The van der Waals surface area contributed by atoms with Crippen molar-refractivity contribution in [2.24, 2.45) is 0 Å². The summed E-state index contributed by atoms with van der Waals surface area (Å²) in [6.07, 6.45) is 4.86. The average Bonchev–Trinajstić information content (AvgIpc) is 2.87. The molecule has 0 amide bonds. The van der Waals surface area contributed by atoms with Gasteiger partial charge >= 0.3 is 0 Å². The van der Waals surface area contributed by atoms with E-state index in [1.165, 1.54) is 5.56 Å². The number of nitrogens with one attached hydrogen (secondary N) is 1. The SMILES string of the molecule is CC(C)(C)n1cc(CNCC2(O)CCSC2)cn1. The molecule has 0 aromatic carbocycles. The summed E-state index contributed by atoms with van der Waals surface area (Å²) in [5.74, 6) is 1.92. The minimum Gasteiger partial charge on any atom is -0.388 e. The van der Waals surface area contributed by atoms with Crippen LogP contribution in [0, 0.1) is 0 Å². The van der Waals surface area contributed by atoms with Gasteiger partial charge in [-0.25, -0.2) is 0 Å². The molecule has 2 heterocycles. The van der Waals surface area contributed by atoms with E-state index in [2.05, 4.69) is 37.4 Å². The fourth-order valence-corrected chi connectivity index (χ4v) is 3.29. The van der Waals surface area contributed by atoms with E-state index in [1.54, 1.807) is 0 Å². The molecule has 102 valence electrons. The molecule has 0 bridgehead atoms. The monoisotopic (exact) mass is 269 g/mol. The van der Waals surface area contributed by atoms with Gasteiger partial charge in [0, 0.05) is 30.6 Å². The van der Waals surface area contributed by atoms with E-state index in [0.717, 1.165) is 24.5 Å². The Hall–Kier alpha value is -0.520. The van der Waals surface area contributed by atoms with Gasteiger partial charge in [-0.1, -0.05) is 0 Å². The summed E-state index contributed by atoms with van der Waals surface area (Å²) in [4.78, 5) is 0. The van der Waals surface area contributed by atoms with Crippen LogP contribution in [0.2, 0.25) is 0 Å². The second kappa shape index (κ2) is 5.23. The molecule has 5 heteroatoms. The van der Waals surface area contributed by atoms with Crippen molar-refractivity contribution in [2.45, 2.75) is 44.9 Å². The minimum atomic E-state index is -0.509. The van der Waals surface area contributed by atoms with Crippen molar-refractivity contribution in [2.75, 3.05) is 18.1 Å². The van der Waals surface area contributed by atoms with Crippen LogP contribution in [0.5, 0.6) is 0 Å². The number of hydrogen-bond donors (Lipinski definition) is 2. The molecule has 1 unspecified atom stereocenters. The summed E-state index contributed by atoms with van der Waals surface area (Å²) in [7, 11) is 0. The predicted octanol–water partition coefficient (Wildman–Crippen LogP) is 1.60. The standard InChI is InChI=1S/C13H23N3OS/c1-12(2,3)16-8-11(7-15-16)6-14-9-13(17)4-5-18-10-13/h7-8,14,17H,4-6,9-10H2,1-3H3. The van der Waals surface area contributed by atoms with Crippen molar-refractivity contribution in [3.63, 3.8) is 0 Å². The lowest BCUT2D eigenvalue weighted by molar-refractivity contribution is 0.0674. The molecule has 2 N–H and O–H groups in total. The van der Waals surface area contributed by atoms with E-state index >= 15 is 0 Å². The molecule has 0 spiro atoms. The molecule has 1 saturated heterocycles. The Balaban J connectivity index is 1.82. The highest BCUT2D eigenvalue weighted by atomic mass is 32.2. The first-order valence-corrected chi connectivity index (χ1v) is 7.59. The predicted molar refractivity (Wildman–Crippen MR) is 75.8 cm³/mol. The summed E-state index contributed by atoms with van der Waals surface area (Å²) >= 11 is 1.83. The molecule has 1 aliphatic rings. The van der Waals surface area contributed by atoms with Crippen molar-refractivity contribution >= 4 is 11.8 Å². The Morgan fingerprint density at radius 1 is 1.56 bits per heavy atom. The Kier molecular flexibility index (Phi) is 4.04. The minimum absolute atomic E-state index is 0.0263. The summed E-state index contributed by atoms with van der Waals surface area (Å²) in [5, 5.41) is 17.9. The number of rotatable bonds is 4. The third-order valence-corrected chi connectivity index (χ3v) is 4.42. The van der Waals surface area contributed by atoms with Gasteiger partial charge in [-0.3, -0.25) is 4.68 Å². The molecule has 1 aromatic rings. The number of aromatic nitrogens is 2. The molecule has 0 aliphatic carbocycles. The molecule has 1 aromatic heterocycles. The van der Waals surface area contributed by atoms with Gasteiger partial charge in [-0.05, 0) is 32.9 Å². The summed E-state index contributed by atoms with van der Waals surface area (Å²) in [6, 6.07) is 0. The molecule has 0 saturated carbocycles. The third-order valence-electron chi connectivity index (χ3n) is 3.19. The lowest BCUT2D eigenvalue weighted by Crippen LogP contribution is -2.40. The van der Waals surface area contributed by atoms with Crippen LogP contribution in [0.4, 0.5) is 0 Å². The number of nitrogens with zero attached hydrogens (tertiary/aromatic N) is 2. The largest absolute Gasteiger partial charge is 0.388 e. The lowest BCUT2D eigenvalue weighted by atomic mass is 10.0. The first-order chi connectivity index (χ1) is 8.39. The van der Waals surface area contributed by atoms with E-state index in [1.807, 2.05) is 22.6 Å². The van der Waals surface area contributed by atoms with Gasteiger partial charge in [0.25, 0.3) is 0 Å². The Bertz CT molecular complexity index is 391. The van der Waals surface area contributed by atoms with Crippen molar-refractivity contribution in [1.82, 2.24) is 15.1 Å². The summed E-state index contributed by atoms with van der Waals surface area (Å²) in [6.45, 7) is 7.84. The first-order valence-electron chi connectivity index (χ1n) is 6.44. The molecule has 1 aliphatic heterocycles. The highest BCUT2D eigenvalue weighted by Crippen LogP contribution is 2.27. The van der Waals surface area contributed by atoms with E-state index in [0.29, 0.717) is 6.54 Å². The lowest BCUT2D eigenvalue weighted by Gasteiger charge is -2.21. The van der Waals surface area contributed by atoms with Crippen LogP contribution in [0.25, 0.3) is 0 Å². The average molecular weight is 269 g/mol. The Labute approximate surface area is 113 Å². The van der Waals surface area contributed by atoms with Crippen LogP contribution in [0.15, 0.2) is 12.4 Å². The normalized spacial score (nSPS) is 24.7. The quantitative estimate of drug-likeness (QED) is 0.871. The highest BCUT2D eigenvalue weighted by molar-refractivity contribution is 7.99. The van der Waals surface area contributed by atoms with Crippen LogP contribution in [-0.4, -0.2) is 38.5 Å². The fraction of sp³-hybridized carbons (Fsp3) is 0.769. The van der Waals surface area contributed by atoms with Gasteiger partial charge in [0.15, 0.2) is 0 Å². The zero-order chi connectivity index (χ0) is 13.2. The molecule has 1 fully saturated rings. The van der Waals surface area contributed by atoms with E-state index in [4.69, 9.17) is 0 Å². The van der Waals surface area contributed by atoms with Gasteiger partial charge in [0.1, 0.15) is 0 Å². The number of hydrogen-bond acceptors (Lipinski definition) is 4. The Morgan fingerprint density at radius 3 is 2.89 bits per heavy atom. The molecule has 18 heavy (non-hydrogen) atoms. The second-order valence-electron chi connectivity index (χ2n) is 6.09. The van der Waals surface area contributed by atoms with E-state index in [-0.39, 0.29) is 5.54 Å². The molecular weight excluding hydrogens is 246 g/mol. The van der Waals surface area contributed by atoms with Gasteiger partial charge in [-0.15, -0.1) is 0 Å². The smallest absolute Gasteiger partial charge is 0.0869 e. The Morgan fingerprint density at radius 2 is 2.33 bits per heavy atom. The van der Waals surface area contributed by atoms with Gasteiger partial charge < -0.3 is 10.4 Å². The van der Waals surface area contributed by atoms with Crippen LogP contribution in [0.3, 0.4) is 0 Å². The van der Waals surface area contributed by atoms with E-state index in [9.17, 15) is 5.11 Å². The second-order valence-corrected chi connectivity index (χ2v) is 7.20. The van der Waals surface area contributed by atoms with Crippen molar-refractivity contribution < 1.29 is 5.11 Å². The third kappa shape index (κ3) is 3.49.